The maximum atomic E-state index is 11.1. The zero-order valence-corrected chi connectivity index (χ0v) is 8.54. The van der Waals surface area contributed by atoms with E-state index in [1.54, 1.807) is 7.11 Å². The lowest BCUT2D eigenvalue weighted by Gasteiger charge is -2.05. The third-order valence-electron chi connectivity index (χ3n) is 1.53. The summed E-state index contributed by atoms with van der Waals surface area (Å²) < 4.78 is 4.78. The summed E-state index contributed by atoms with van der Waals surface area (Å²) >= 11 is 0. The van der Waals surface area contributed by atoms with E-state index in [0.717, 1.165) is 13.0 Å². The number of rotatable bonds is 9. The van der Waals surface area contributed by atoms with E-state index in [-0.39, 0.29) is 5.91 Å². The second kappa shape index (κ2) is 10.4. The fourth-order valence-electron chi connectivity index (χ4n) is 0.837. The highest BCUT2D eigenvalue weighted by Gasteiger charge is 1.98. The van der Waals surface area contributed by atoms with Gasteiger partial charge in [-0.25, -0.2) is 5.90 Å². The van der Waals surface area contributed by atoms with E-state index < -0.39 is 0 Å². The number of amides is 1. The molecule has 0 bridgehead atoms. The normalized spacial score (nSPS) is 10.1. The van der Waals surface area contributed by atoms with Gasteiger partial charge in [0.15, 0.2) is 0 Å². The van der Waals surface area contributed by atoms with Crippen molar-refractivity contribution in [2.75, 3.05) is 40.0 Å². The average Bonchev–Trinajstić information content (AvgIpc) is 2.18. The van der Waals surface area contributed by atoms with Crippen LogP contribution in [0.25, 0.3) is 0 Å². The van der Waals surface area contributed by atoms with Crippen molar-refractivity contribution in [2.45, 2.75) is 6.42 Å². The van der Waals surface area contributed by atoms with Gasteiger partial charge in [-0.3, -0.25) is 4.79 Å². The first kappa shape index (κ1) is 13.3. The van der Waals surface area contributed by atoms with Crippen molar-refractivity contribution in [1.29, 1.82) is 0 Å². The molecule has 0 unspecified atom stereocenters. The van der Waals surface area contributed by atoms with Crippen LogP contribution < -0.4 is 16.5 Å². The molecular weight excluding hydrogens is 186 g/mol. The minimum Gasteiger partial charge on any atom is -0.383 e. The molecule has 4 N–H and O–H groups in total. The average molecular weight is 205 g/mol. The molecule has 0 aromatic heterocycles. The molecule has 0 aliphatic rings. The van der Waals surface area contributed by atoms with E-state index >= 15 is 0 Å². The Morgan fingerprint density at radius 3 is 2.79 bits per heavy atom. The van der Waals surface area contributed by atoms with E-state index in [2.05, 4.69) is 15.5 Å². The van der Waals surface area contributed by atoms with Gasteiger partial charge in [-0.15, -0.1) is 0 Å². The topological polar surface area (TPSA) is 85.6 Å². The van der Waals surface area contributed by atoms with Gasteiger partial charge in [0.05, 0.1) is 19.8 Å². The van der Waals surface area contributed by atoms with Crippen molar-refractivity contribution >= 4 is 5.91 Å². The van der Waals surface area contributed by atoms with Gasteiger partial charge in [-0.1, -0.05) is 0 Å². The van der Waals surface area contributed by atoms with Crippen LogP contribution in [-0.2, 0) is 14.4 Å². The van der Waals surface area contributed by atoms with Gasteiger partial charge in [-0.05, 0) is 13.0 Å². The number of hydrogen-bond acceptors (Lipinski definition) is 5. The predicted molar refractivity (Wildman–Crippen MR) is 52.5 cm³/mol. The highest BCUT2D eigenvalue weighted by atomic mass is 16.6. The molecule has 6 heteroatoms. The SMILES string of the molecule is COCCNC(=O)CNCCCON. The van der Waals surface area contributed by atoms with Crippen molar-refractivity contribution in [2.24, 2.45) is 5.90 Å². The summed E-state index contributed by atoms with van der Waals surface area (Å²) in [7, 11) is 1.59. The van der Waals surface area contributed by atoms with Crippen LogP contribution in [0.2, 0.25) is 0 Å². The number of nitrogens with two attached hydrogens (primary N) is 1. The van der Waals surface area contributed by atoms with Gasteiger partial charge in [0.2, 0.25) is 5.91 Å². The first-order valence-corrected chi connectivity index (χ1v) is 4.59. The largest absolute Gasteiger partial charge is 0.383 e. The smallest absolute Gasteiger partial charge is 0.234 e. The monoisotopic (exact) mass is 205 g/mol. The van der Waals surface area contributed by atoms with E-state index in [1.165, 1.54) is 0 Å². The van der Waals surface area contributed by atoms with Crippen molar-refractivity contribution < 1.29 is 14.4 Å². The molecule has 0 saturated carbocycles. The van der Waals surface area contributed by atoms with Gasteiger partial charge >= 0.3 is 0 Å². The third kappa shape index (κ3) is 9.40. The lowest BCUT2D eigenvalue weighted by atomic mass is 10.4. The summed E-state index contributed by atoms with van der Waals surface area (Å²) in [5.74, 6) is 4.80. The maximum absolute atomic E-state index is 11.1. The van der Waals surface area contributed by atoms with Crippen LogP contribution in [0.15, 0.2) is 0 Å². The van der Waals surface area contributed by atoms with Gasteiger partial charge in [0, 0.05) is 13.7 Å². The molecule has 0 aliphatic heterocycles. The summed E-state index contributed by atoms with van der Waals surface area (Å²) in [6.07, 6.45) is 0.794. The minimum absolute atomic E-state index is 0.0317. The molecule has 0 spiro atoms. The van der Waals surface area contributed by atoms with Gasteiger partial charge < -0.3 is 20.2 Å². The van der Waals surface area contributed by atoms with Crippen molar-refractivity contribution in [3.05, 3.63) is 0 Å². The zero-order valence-electron chi connectivity index (χ0n) is 8.54. The van der Waals surface area contributed by atoms with Gasteiger partial charge in [0.25, 0.3) is 0 Å². The number of methoxy groups -OCH3 is 1. The highest BCUT2D eigenvalue weighted by molar-refractivity contribution is 5.77. The Balaban J connectivity index is 3.10. The number of ether oxygens (including phenoxy) is 1. The number of hydrogen-bond donors (Lipinski definition) is 3. The van der Waals surface area contributed by atoms with Crippen LogP contribution in [0.3, 0.4) is 0 Å². The second-order valence-corrected chi connectivity index (χ2v) is 2.74. The number of carbonyl (C=O) groups excluding carboxylic acids is 1. The molecular formula is C8H19N3O3. The Hall–Kier alpha value is -0.690. The van der Waals surface area contributed by atoms with Crippen LogP contribution in [-0.4, -0.2) is 45.9 Å². The molecule has 0 heterocycles. The molecule has 0 saturated heterocycles. The van der Waals surface area contributed by atoms with E-state index in [1.807, 2.05) is 0 Å². The molecule has 0 aliphatic carbocycles. The van der Waals surface area contributed by atoms with Crippen LogP contribution >= 0.6 is 0 Å². The standard InChI is InChI=1S/C8H19N3O3/c1-13-6-4-11-8(12)7-10-3-2-5-14-9/h10H,2-7,9H2,1H3,(H,11,12). The summed E-state index contributed by atoms with van der Waals surface area (Å²) in [5, 5.41) is 5.65. The van der Waals surface area contributed by atoms with Crippen LogP contribution in [0.5, 0.6) is 0 Å². The summed E-state index contributed by atoms with van der Waals surface area (Å²) in [5.41, 5.74) is 0. The number of carbonyl (C=O) groups is 1. The fourth-order valence-corrected chi connectivity index (χ4v) is 0.837. The molecule has 0 aromatic carbocycles. The quantitative estimate of drug-likeness (QED) is 0.319. The Kier molecular flexibility index (Phi) is 9.88. The molecule has 6 nitrogen and oxygen atoms in total. The van der Waals surface area contributed by atoms with Crippen LogP contribution in [0, 0.1) is 0 Å². The lowest BCUT2D eigenvalue weighted by molar-refractivity contribution is -0.120. The highest BCUT2D eigenvalue weighted by Crippen LogP contribution is 1.75. The first-order chi connectivity index (χ1) is 6.81. The molecule has 1 amide bonds. The predicted octanol–water partition coefficient (Wildman–Crippen LogP) is -1.38. The minimum atomic E-state index is -0.0317. The van der Waals surface area contributed by atoms with E-state index in [9.17, 15) is 4.79 Å². The summed E-state index contributed by atoms with van der Waals surface area (Å²) in [6.45, 7) is 2.61. The van der Waals surface area contributed by atoms with E-state index in [0.29, 0.717) is 26.3 Å². The van der Waals surface area contributed by atoms with Gasteiger partial charge in [-0.2, -0.15) is 0 Å². The first-order valence-electron chi connectivity index (χ1n) is 4.59. The summed E-state index contributed by atoms with van der Waals surface area (Å²) in [6, 6.07) is 0. The lowest BCUT2D eigenvalue weighted by Crippen LogP contribution is -2.36. The molecule has 0 rings (SSSR count). The molecule has 14 heavy (non-hydrogen) atoms. The fraction of sp³-hybridized carbons (Fsp3) is 0.875. The summed E-state index contributed by atoms with van der Waals surface area (Å²) in [4.78, 5) is 15.4. The molecule has 0 fully saturated rings. The molecule has 0 atom stereocenters. The molecule has 0 aromatic rings. The van der Waals surface area contributed by atoms with Crippen molar-refractivity contribution in [3.63, 3.8) is 0 Å². The van der Waals surface area contributed by atoms with Crippen LogP contribution in [0.4, 0.5) is 0 Å². The third-order valence-corrected chi connectivity index (χ3v) is 1.53. The Morgan fingerprint density at radius 2 is 2.14 bits per heavy atom. The number of nitrogens with one attached hydrogen (secondary N) is 2. The Bertz CT molecular complexity index is 144. The van der Waals surface area contributed by atoms with Gasteiger partial charge in [0.1, 0.15) is 0 Å². The van der Waals surface area contributed by atoms with E-state index in [4.69, 9.17) is 10.6 Å². The van der Waals surface area contributed by atoms with Crippen LogP contribution in [0.1, 0.15) is 6.42 Å². The molecule has 0 radical (unpaired) electrons. The zero-order chi connectivity index (χ0) is 10.6. The Labute approximate surface area is 84.1 Å². The second-order valence-electron chi connectivity index (χ2n) is 2.74. The molecule has 84 valence electrons. The maximum Gasteiger partial charge on any atom is 0.234 e. The van der Waals surface area contributed by atoms with Crippen molar-refractivity contribution in [3.8, 4) is 0 Å². The van der Waals surface area contributed by atoms with Crippen molar-refractivity contribution in [1.82, 2.24) is 10.6 Å². The Morgan fingerprint density at radius 1 is 1.36 bits per heavy atom.